The molecule has 1 aliphatic rings. The molecule has 1 saturated heterocycles. The monoisotopic (exact) mass is 379 g/mol. The summed E-state index contributed by atoms with van der Waals surface area (Å²) in [7, 11) is 0. The summed E-state index contributed by atoms with van der Waals surface area (Å²) in [5.74, 6) is 0.265. The van der Waals surface area contributed by atoms with Gasteiger partial charge >= 0.3 is 0 Å². The first-order valence-corrected chi connectivity index (χ1v) is 9.39. The Morgan fingerprint density at radius 1 is 1.07 bits per heavy atom. The van der Waals surface area contributed by atoms with Crippen LogP contribution in [0.15, 0.2) is 59.1 Å². The highest BCUT2D eigenvalue weighted by Gasteiger charge is 2.25. The van der Waals surface area contributed by atoms with Crippen molar-refractivity contribution < 1.29 is 13.7 Å². The van der Waals surface area contributed by atoms with Crippen LogP contribution in [0.25, 0.3) is 11.3 Å². The number of halogens is 1. The van der Waals surface area contributed by atoms with Crippen LogP contribution in [0.3, 0.4) is 0 Å². The predicted molar refractivity (Wildman–Crippen MR) is 104 cm³/mol. The first kappa shape index (κ1) is 18.4. The van der Waals surface area contributed by atoms with E-state index < -0.39 is 0 Å². The molecule has 0 N–H and O–H groups in total. The maximum atomic E-state index is 13.8. The second-order valence-electron chi connectivity index (χ2n) is 7.10. The standard InChI is InChI=1S/C22H22FN3O2/c1-16-6-8-17(9-7-16)21-14-20(24-28-21)22(27)26-12-10-25(11-13-26)15-18-4-2-3-5-19(18)23/h2-9,14H,10-13,15H2,1H3. The first-order valence-electron chi connectivity index (χ1n) is 9.39. The highest BCUT2D eigenvalue weighted by Crippen LogP contribution is 2.22. The van der Waals surface area contributed by atoms with Crippen molar-refractivity contribution in [3.05, 3.63) is 77.2 Å². The fraction of sp³-hybridized carbons (Fsp3) is 0.273. The molecule has 2 heterocycles. The van der Waals surface area contributed by atoms with Gasteiger partial charge in [-0.25, -0.2) is 4.39 Å². The Balaban J connectivity index is 1.36. The maximum absolute atomic E-state index is 13.8. The molecule has 1 aliphatic heterocycles. The summed E-state index contributed by atoms with van der Waals surface area (Å²) < 4.78 is 19.2. The van der Waals surface area contributed by atoms with Gasteiger partial charge in [0.1, 0.15) is 5.82 Å². The molecule has 2 aromatic carbocycles. The van der Waals surface area contributed by atoms with E-state index in [4.69, 9.17) is 4.52 Å². The van der Waals surface area contributed by atoms with Gasteiger partial charge in [-0.1, -0.05) is 53.2 Å². The van der Waals surface area contributed by atoms with Gasteiger partial charge in [0.2, 0.25) is 0 Å². The zero-order valence-corrected chi connectivity index (χ0v) is 15.8. The normalized spacial score (nSPS) is 15.0. The molecule has 4 rings (SSSR count). The summed E-state index contributed by atoms with van der Waals surface area (Å²) in [6.45, 7) is 5.13. The minimum atomic E-state index is -0.188. The van der Waals surface area contributed by atoms with Gasteiger partial charge in [0.05, 0.1) is 0 Å². The summed E-state index contributed by atoms with van der Waals surface area (Å²) in [6, 6.07) is 16.4. The number of amides is 1. The first-order chi connectivity index (χ1) is 13.6. The van der Waals surface area contributed by atoms with E-state index >= 15 is 0 Å². The van der Waals surface area contributed by atoms with Crippen LogP contribution < -0.4 is 0 Å². The lowest BCUT2D eigenvalue weighted by atomic mass is 10.1. The fourth-order valence-corrected chi connectivity index (χ4v) is 3.37. The van der Waals surface area contributed by atoms with Crippen LogP contribution in [-0.4, -0.2) is 47.0 Å². The molecule has 0 bridgehead atoms. The number of aromatic nitrogens is 1. The van der Waals surface area contributed by atoms with E-state index in [9.17, 15) is 9.18 Å². The second kappa shape index (κ2) is 7.94. The topological polar surface area (TPSA) is 49.6 Å². The lowest BCUT2D eigenvalue weighted by molar-refractivity contribution is 0.0617. The van der Waals surface area contributed by atoms with Gasteiger partial charge in [0, 0.05) is 49.9 Å². The number of carbonyl (C=O) groups excluding carboxylic acids is 1. The van der Waals surface area contributed by atoms with Crippen LogP contribution in [0.2, 0.25) is 0 Å². The Bertz CT molecular complexity index is 960. The number of aryl methyl sites for hydroxylation is 1. The van der Waals surface area contributed by atoms with E-state index in [0.29, 0.717) is 49.7 Å². The molecule has 0 atom stereocenters. The number of rotatable bonds is 4. The molecule has 1 fully saturated rings. The summed E-state index contributed by atoms with van der Waals surface area (Å²) in [4.78, 5) is 16.7. The smallest absolute Gasteiger partial charge is 0.276 e. The van der Waals surface area contributed by atoms with Gasteiger partial charge in [0.25, 0.3) is 5.91 Å². The SMILES string of the molecule is Cc1ccc(-c2cc(C(=O)N3CCN(Cc4ccccc4F)CC3)no2)cc1. The van der Waals surface area contributed by atoms with Crippen LogP contribution in [-0.2, 0) is 6.54 Å². The third-order valence-electron chi connectivity index (χ3n) is 5.08. The van der Waals surface area contributed by atoms with Crippen molar-refractivity contribution in [3.63, 3.8) is 0 Å². The van der Waals surface area contributed by atoms with E-state index in [1.165, 1.54) is 6.07 Å². The van der Waals surface area contributed by atoms with Crippen molar-refractivity contribution in [2.45, 2.75) is 13.5 Å². The van der Waals surface area contributed by atoms with E-state index in [-0.39, 0.29) is 11.7 Å². The minimum absolute atomic E-state index is 0.132. The molecule has 5 nitrogen and oxygen atoms in total. The average Bonchev–Trinajstić information content (AvgIpc) is 3.20. The van der Waals surface area contributed by atoms with Crippen LogP contribution in [0.4, 0.5) is 4.39 Å². The largest absolute Gasteiger partial charge is 0.355 e. The zero-order valence-electron chi connectivity index (χ0n) is 15.8. The molecule has 1 amide bonds. The average molecular weight is 379 g/mol. The summed E-state index contributed by atoms with van der Waals surface area (Å²) in [6.07, 6.45) is 0. The predicted octanol–water partition coefficient (Wildman–Crippen LogP) is 3.75. The van der Waals surface area contributed by atoms with Gasteiger partial charge in [-0.05, 0) is 13.0 Å². The van der Waals surface area contributed by atoms with E-state index in [1.807, 2.05) is 37.3 Å². The third-order valence-corrected chi connectivity index (χ3v) is 5.08. The lowest BCUT2D eigenvalue weighted by Crippen LogP contribution is -2.48. The van der Waals surface area contributed by atoms with Crippen molar-refractivity contribution in [2.24, 2.45) is 0 Å². The Hall–Kier alpha value is -2.99. The quantitative estimate of drug-likeness (QED) is 0.693. The Labute approximate surface area is 163 Å². The van der Waals surface area contributed by atoms with E-state index in [1.54, 1.807) is 23.1 Å². The van der Waals surface area contributed by atoms with Gasteiger partial charge < -0.3 is 9.42 Å². The highest BCUT2D eigenvalue weighted by molar-refractivity contribution is 5.93. The van der Waals surface area contributed by atoms with Gasteiger partial charge in [-0.15, -0.1) is 0 Å². The van der Waals surface area contributed by atoms with Gasteiger partial charge in [-0.2, -0.15) is 0 Å². The second-order valence-corrected chi connectivity index (χ2v) is 7.10. The number of piperazine rings is 1. The maximum Gasteiger partial charge on any atom is 0.276 e. The Morgan fingerprint density at radius 2 is 1.79 bits per heavy atom. The summed E-state index contributed by atoms with van der Waals surface area (Å²) in [5, 5.41) is 3.96. The van der Waals surface area contributed by atoms with Crippen molar-refractivity contribution in [3.8, 4) is 11.3 Å². The molecular weight excluding hydrogens is 357 g/mol. The zero-order chi connectivity index (χ0) is 19.5. The van der Waals surface area contributed by atoms with Crippen molar-refractivity contribution >= 4 is 5.91 Å². The van der Waals surface area contributed by atoms with Crippen LogP contribution in [0, 0.1) is 12.7 Å². The van der Waals surface area contributed by atoms with Crippen molar-refractivity contribution in [1.29, 1.82) is 0 Å². The number of nitrogens with zero attached hydrogens (tertiary/aromatic N) is 3. The molecule has 3 aromatic rings. The highest BCUT2D eigenvalue weighted by atomic mass is 19.1. The molecule has 28 heavy (non-hydrogen) atoms. The molecule has 0 radical (unpaired) electrons. The molecule has 144 valence electrons. The van der Waals surface area contributed by atoms with Crippen LogP contribution in [0.1, 0.15) is 21.6 Å². The van der Waals surface area contributed by atoms with Crippen molar-refractivity contribution in [2.75, 3.05) is 26.2 Å². The minimum Gasteiger partial charge on any atom is -0.355 e. The lowest BCUT2D eigenvalue weighted by Gasteiger charge is -2.34. The molecule has 0 spiro atoms. The fourth-order valence-electron chi connectivity index (χ4n) is 3.37. The Morgan fingerprint density at radius 3 is 2.50 bits per heavy atom. The number of hydrogen-bond donors (Lipinski definition) is 0. The molecule has 1 aromatic heterocycles. The van der Waals surface area contributed by atoms with E-state index in [2.05, 4.69) is 10.1 Å². The number of benzene rings is 2. The Kier molecular flexibility index (Phi) is 5.21. The number of hydrogen-bond acceptors (Lipinski definition) is 4. The molecule has 0 aliphatic carbocycles. The van der Waals surface area contributed by atoms with Crippen molar-refractivity contribution in [1.82, 2.24) is 15.0 Å². The van der Waals surface area contributed by atoms with Crippen LogP contribution >= 0.6 is 0 Å². The molecule has 0 saturated carbocycles. The molecular formula is C22H22FN3O2. The summed E-state index contributed by atoms with van der Waals surface area (Å²) in [5.41, 5.74) is 3.05. The molecule has 6 heteroatoms. The van der Waals surface area contributed by atoms with E-state index in [0.717, 1.165) is 11.1 Å². The van der Waals surface area contributed by atoms with Gasteiger partial charge in [-0.3, -0.25) is 9.69 Å². The van der Waals surface area contributed by atoms with Gasteiger partial charge in [0.15, 0.2) is 11.5 Å². The third kappa shape index (κ3) is 3.97. The molecule has 0 unspecified atom stereocenters. The van der Waals surface area contributed by atoms with Crippen LogP contribution in [0.5, 0.6) is 0 Å². The summed E-state index contributed by atoms with van der Waals surface area (Å²) >= 11 is 0. The number of carbonyl (C=O) groups is 1.